The van der Waals surface area contributed by atoms with E-state index in [4.69, 9.17) is 5.11 Å². The summed E-state index contributed by atoms with van der Waals surface area (Å²) >= 11 is 0. The number of anilines is 1. The molecule has 7 heteroatoms. The minimum atomic E-state index is -1.29. The highest BCUT2D eigenvalue weighted by molar-refractivity contribution is 6.07. The van der Waals surface area contributed by atoms with Crippen molar-refractivity contribution < 1.29 is 19.1 Å². The number of aromatic nitrogens is 2. The van der Waals surface area contributed by atoms with E-state index in [1.54, 1.807) is 0 Å². The van der Waals surface area contributed by atoms with E-state index in [2.05, 4.69) is 15.5 Å². The summed E-state index contributed by atoms with van der Waals surface area (Å²) in [6, 6.07) is 5.39. The molecule has 0 radical (unpaired) electrons. The largest absolute Gasteiger partial charge is 0.476 e. The number of amides is 1. The van der Waals surface area contributed by atoms with Crippen molar-refractivity contribution >= 4 is 17.6 Å². The number of hydrogen-bond donors (Lipinski definition) is 3. The first kappa shape index (κ1) is 11.8. The van der Waals surface area contributed by atoms with Crippen LogP contribution in [0.15, 0.2) is 30.5 Å². The molecule has 2 rings (SSSR count). The molecule has 3 N–H and O–H groups in total. The second kappa shape index (κ2) is 4.66. The molecule has 0 spiro atoms. The van der Waals surface area contributed by atoms with Crippen molar-refractivity contribution in [1.29, 1.82) is 0 Å². The molecule has 18 heavy (non-hydrogen) atoms. The molecule has 1 aromatic carbocycles. The fourth-order valence-electron chi connectivity index (χ4n) is 1.38. The lowest BCUT2D eigenvalue weighted by Gasteiger charge is -2.04. The number of carboxylic acid groups (broad SMARTS) is 1. The van der Waals surface area contributed by atoms with Gasteiger partial charge in [-0.15, -0.1) is 0 Å². The first-order valence-corrected chi connectivity index (χ1v) is 4.92. The fourth-order valence-corrected chi connectivity index (χ4v) is 1.38. The summed E-state index contributed by atoms with van der Waals surface area (Å²) < 4.78 is 13.3. The zero-order valence-corrected chi connectivity index (χ0v) is 8.98. The predicted octanol–water partition coefficient (Wildman–Crippen LogP) is 1.50. The number of benzene rings is 1. The Morgan fingerprint density at radius 1 is 1.33 bits per heavy atom. The van der Waals surface area contributed by atoms with E-state index in [1.807, 2.05) is 0 Å². The van der Waals surface area contributed by atoms with Crippen LogP contribution < -0.4 is 5.32 Å². The summed E-state index contributed by atoms with van der Waals surface area (Å²) in [6.45, 7) is 0. The second-order valence-corrected chi connectivity index (χ2v) is 3.39. The van der Waals surface area contributed by atoms with E-state index in [0.29, 0.717) is 0 Å². The van der Waals surface area contributed by atoms with Crippen LogP contribution >= 0.6 is 0 Å². The molecule has 6 nitrogen and oxygen atoms in total. The number of aromatic amines is 1. The minimum absolute atomic E-state index is 0.0178. The van der Waals surface area contributed by atoms with Crippen molar-refractivity contribution in [3.05, 3.63) is 47.5 Å². The molecule has 2 aromatic rings. The fraction of sp³-hybridized carbons (Fsp3) is 0. The van der Waals surface area contributed by atoms with Gasteiger partial charge in [0.25, 0.3) is 5.91 Å². The summed E-state index contributed by atoms with van der Waals surface area (Å²) in [6.07, 6.45) is 1.21. The van der Waals surface area contributed by atoms with Crippen molar-refractivity contribution in [1.82, 2.24) is 10.2 Å². The maximum atomic E-state index is 13.3. The number of nitrogens with one attached hydrogen (secondary N) is 2. The van der Waals surface area contributed by atoms with Gasteiger partial charge in [-0.3, -0.25) is 9.89 Å². The Bertz CT molecular complexity index is 609. The lowest BCUT2D eigenvalue weighted by molar-refractivity contribution is 0.0691. The summed E-state index contributed by atoms with van der Waals surface area (Å²) in [7, 11) is 0. The standard InChI is InChI=1S/C11H8FN3O3/c12-7-4-2-1-3-6(7)10(16)14-8-5-13-15-9(8)11(17)18/h1-5H,(H,13,15)(H,14,16)(H,17,18). The summed E-state index contributed by atoms with van der Waals surface area (Å²) in [4.78, 5) is 22.5. The molecule has 92 valence electrons. The van der Waals surface area contributed by atoms with Crippen molar-refractivity contribution in [2.24, 2.45) is 0 Å². The first-order valence-electron chi connectivity index (χ1n) is 4.92. The molecule has 0 saturated heterocycles. The molecule has 0 bridgehead atoms. The maximum Gasteiger partial charge on any atom is 0.358 e. The van der Waals surface area contributed by atoms with E-state index in [-0.39, 0.29) is 16.9 Å². The van der Waals surface area contributed by atoms with Gasteiger partial charge < -0.3 is 10.4 Å². The Hall–Kier alpha value is -2.70. The third kappa shape index (κ3) is 2.19. The van der Waals surface area contributed by atoms with Crippen LogP contribution in [-0.2, 0) is 0 Å². The maximum absolute atomic E-state index is 13.3. The lowest BCUT2D eigenvalue weighted by atomic mass is 10.2. The summed E-state index contributed by atoms with van der Waals surface area (Å²) in [5, 5.41) is 16.8. The van der Waals surface area contributed by atoms with Crippen molar-refractivity contribution in [3.63, 3.8) is 0 Å². The Labute approximate surface area is 100 Å². The van der Waals surface area contributed by atoms with Crippen LogP contribution in [0.1, 0.15) is 20.8 Å². The van der Waals surface area contributed by atoms with Crippen LogP contribution in [0.5, 0.6) is 0 Å². The van der Waals surface area contributed by atoms with E-state index in [0.717, 1.165) is 6.07 Å². The molecule has 1 aromatic heterocycles. The minimum Gasteiger partial charge on any atom is -0.476 e. The van der Waals surface area contributed by atoms with Crippen LogP contribution in [0.4, 0.5) is 10.1 Å². The Morgan fingerprint density at radius 2 is 2.06 bits per heavy atom. The highest BCUT2D eigenvalue weighted by Crippen LogP contribution is 2.14. The average Bonchev–Trinajstić information content (AvgIpc) is 2.77. The quantitative estimate of drug-likeness (QED) is 0.768. The second-order valence-electron chi connectivity index (χ2n) is 3.39. The molecule has 1 amide bonds. The number of rotatable bonds is 3. The molecule has 0 saturated carbocycles. The predicted molar refractivity (Wildman–Crippen MR) is 59.9 cm³/mol. The van der Waals surface area contributed by atoms with E-state index < -0.39 is 17.7 Å². The molecule has 0 fully saturated rings. The first-order chi connectivity index (χ1) is 8.59. The normalized spacial score (nSPS) is 10.1. The third-order valence-corrected chi connectivity index (χ3v) is 2.21. The number of hydrogen-bond acceptors (Lipinski definition) is 3. The monoisotopic (exact) mass is 249 g/mol. The Morgan fingerprint density at radius 3 is 2.72 bits per heavy atom. The number of carboxylic acids is 1. The highest BCUT2D eigenvalue weighted by Gasteiger charge is 2.17. The molecule has 0 unspecified atom stereocenters. The Balaban J connectivity index is 2.25. The van der Waals surface area contributed by atoms with Crippen molar-refractivity contribution in [3.8, 4) is 0 Å². The zero-order valence-electron chi connectivity index (χ0n) is 8.98. The van der Waals surface area contributed by atoms with Gasteiger partial charge in [-0.05, 0) is 12.1 Å². The van der Waals surface area contributed by atoms with E-state index in [1.165, 1.54) is 24.4 Å². The van der Waals surface area contributed by atoms with Gasteiger partial charge in [0, 0.05) is 6.20 Å². The molecule has 0 aliphatic rings. The number of aromatic carboxylic acids is 1. The summed E-state index contributed by atoms with van der Waals surface area (Å²) in [5.41, 5.74) is -0.523. The van der Waals surface area contributed by atoms with Crippen molar-refractivity contribution in [2.75, 3.05) is 5.32 Å². The van der Waals surface area contributed by atoms with Crippen LogP contribution in [0.25, 0.3) is 0 Å². The van der Waals surface area contributed by atoms with Crippen molar-refractivity contribution in [2.45, 2.75) is 0 Å². The molecular weight excluding hydrogens is 241 g/mol. The van der Waals surface area contributed by atoms with Gasteiger partial charge in [0.2, 0.25) is 0 Å². The highest BCUT2D eigenvalue weighted by atomic mass is 19.1. The summed E-state index contributed by atoms with van der Waals surface area (Å²) in [5.74, 6) is -2.72. The van der Waals surface area contributed by atoms with E-state index in [9.17, 15) is 14.0 Å². The smallest absolute Gasteiger partial charge is 0.358 e. The zero-order chi connectivity index (χ0) is 13.1. The van der Waals surface area contributed by atoms with E-state index >= 15 is 0 Å². The molecular formula is C11H8FN3O3. The third-order valence-electron chi connectivity index (χ3n) is 2.21. The van der Waals surface area contributed by atoms with Gasteiger partial charge in [-0.2, -0.15) is 5.10 Å². The average molecular weight is 249 g/mol. The van der Waals surface area contributed by atoms with Gasteiger partial charge in [0.15, 0.2) is 5.69 Å². The molecule has 0 aliphatic heterocycles. The lowest BCUT2D eigenvalue weighted by Crippen LogP contribution is -2.15. The van der Waals surface area contributed by atoms with Gasteiger partial charge in [-0.25, -0.2) is 9.18 Å². The van der Waals surface area contributed by atoms with Crippen LogP contribution in [0, 0.1) is 5.82 Å². The number of carbonyl (C=O) groups excluding carboxylic acids is 1. The topological polar surface area (TPSA) is 95.1 Å². The van der Waals surface area contributed by atoms with Crippen LogP contribution in [0.2, 0.25) is 0 Å². The molecule has 0 aliphatic carbocycles. The van der Waals surface area contributed by atoms with Crippen LogP contribution in [0.3, 0.4) is 0 Å². The molecule has 1 heterocycles. The number of halogens is 1. The van der Waals surface area contributed by atoms with Gasteiger partial charge >= 0.3 is 5.97 Å². The van der Waals surface area contributed by atoms with Gasteiger partial charge in [0.05, 0.1) is 11.3 Å². The number of carbonyl (C=O) groups is 2. The SMILES string of the molecule is O=C(Nc1c[nH]nc1C(=O)O)c1ccccc1F. The molecule has 0 atom stereocenters. The number of nitrogens with zero attached hydrogens (tertiary/aromatic N) is 1. The van der Waals surface area contributed by atoms with Gasteiger partial charge in [0.1, 0.15) is 5.82 Å². The Kier molecular flexibility index (Phi) is 3.05. The van der Waals surface area contributed by atoms with Crippen LogP contribution in [-0.4, -0.2) is 27.2 Å². The van der Waals surface area contributed by atoms with Gasteiger partial charge in [-0.1, -0.05) is 12.1 Å². The number of H-pyrrole nitrogens is 1.